The number of methoxy groups -OCH3 is 1. The summed E-state index contributed by atoms with van der Waals surface area (Å²) in [4.78, 5) is 1.30. The number of hydrogen-bond acceptors (Lipinski definition) is 3. The first kappa shape index (κ1) is 11.8. The smallest absolute Gasteiger partial charge is 0.132 e. The summed E-state index contributed by atoms with van der Waals surface area (Å²) >= 11 is 1.88. The molecule has 1 aliphatic heterocycles. The molecule has 1 aliphatic rings. The van der Waals surface area contributed by atoms with Gasteiger partial charge in [0.25, 0.3) is 0 Å². The lowest BCUT2D eigenvalue weighted by Gasteiger charge is -2.16. The van der Waals surface area contributed by atoms with Gasteiger partial charge in [-0.25, -0.2) is 0 Å². The molecular formula is C13H19NOS. The summed E-state index contributed by atoms with van der Waals surface area (Å²) in [6.07, 6.45) is 2.06. The van der Waals surface area contributed by atoms with Crippen LogP contribution in [-0.2, 0) is 6.42 Å². The molecule has 1 aromatic rings. The molecule has 0 spiro atoms. The van der Waals surface area contributed by atoms with Crippen LogP contribution in [0.15, 0.2) is 11.0 Å². The molecule has 1 atom stereocenters. The molecule has 0 bridgehead atoms. The van der Waals surface area contributed by atoms with Gasteiger partial charge in [-0.3, -0.25) is 0 Å². The van der Waals surface area contributed by atoms with E-state index in [9.17, 15) is 0 Å². The van der Waals surface area contributed by atoms with Gasteiger partial charge < -0.3 is 10.5 Å². The average molecular weight is 237 g/mol. The van der Waals surface area contributed by atoms with Crippen LogP contribution in [0.5, 0.6) is 5.75 Å². The zero-order valence-corrected chi connectivity index (χ0v) is 11.0. The summed E-state index contributed by atoms with van der Waals surface area (Å²) in [6, 6.07) is 2.43. The van der Waals surface area contributed by atoms with Crippen molar-refractivity contribution in [3.63, 3.8) is 0 Å². The molecule has 0 fully saturated rings. The van der Waals surface area contributed by atoms with E-state index in [0.29, 0.717) is 6.04 Å². The van der Waals surface area contributed by atoms with Crippen molar-refractivity contribution in [2.75, 3.05) is 12.9 Å². The molecule has 1 unspecified atom stereocenters. The van der Waals surface area contributed by atoms with Gasteiger partial charge in [-0.15, -0.1) is 11.8 Å². The summed E-state index contributed by atoms with van der Waals surface area (Å²) in [7, 11) is 1.75. The lowest BCUT2D eigenvalue weighted by Crippen LogP contribution is -2.22. The molecule has 0 aromatic heterocycles. The third-order valence-corrected chi connectivity index (χ3v) is 4.49. The Morgan fingerprint density at radius 2 is 2.19 bits per heavy atom. The fourth-order valence-electron chi connectivity index (χ4n) is 2.16. The van der Waals surface area contributed by atoms with E-state index >= 15 is 0 Å². The second-order valence-electron chi connectivity index (χ2n) is 4.43. The number of ether oxygens (including phenoxy) is 1. The van der Waals surface area contributed by atoms with Crippen molar-refractivity contribution in [3.05, 3.63) is 22.8 Å². The molecule has 0 saturated carbocycles. The van der Waals surface area contributed by atoms with Crippen LogP contribution in [-0.4, -0.2) is 18.9 Å². The van der Waals surface area contributed by atoms with Crippen LogP contribution in [0.1, 0.15) is 23.1 Å². The Morgan fingerprint density at radius 1 is 1.44 bits per heavy atom. The number of hydrogen-bond donors (Lipinski definition) is 1. The summed E-state index contributed by atoms with van der Waals surface area (Å²) < 4.78 is 5.48. The zero-order valence-electron chi connectivity index (χ0n) is 10.2. The highest BCUT2D eigenvalue weighted by Crippen LogP contribution is 2.39. The van der Waals surface area contributed by atoms with Gasteiger partial charge in [0.15, 0.2) is 0 Å². The topological polar surface area (TPSA) is 35.2 Å². The quantitative estimate of drug-likeness (QED) is 0.815. The van der Waals surface area contributed by atoms with Crippen molar-refractivity contribution >= 4 is 11.8 Å². The maximum atomic E-state index is 6.11. The maximum Gasteiger partial charge on any atom is 0.132 e. The number of aryl methyl sites for hydroxylation is 1. The SMILES string of the molecule is COc1cc(C)c(C)c2c1SCCC(N)C2. The van der Waals surface area contributed by atoms with E-state index in [1.807, 2.05) is 11.8 Å². The lowest BCUT2D eigenvalue weighted by atomic mass is 9.96. The van der Waals surface area contributed by atoms with E-state index in [1.54, 1.807) is 7.11 Å². The fourth-order valence-corrected chi connectivity index (χ4v) is 3.48. The molecular weight excluding hydrogens is 218 g/mol. The fraction of sp³-hybridized carbons (Fsp3) is 0.538. The van der Waals surface area contributed by atoms with Crippen LogP contribution >= 0.6 is 11.8 Å². The highest BCUT2D eigenvalue weighted by atomic mass is 32.2. The molecule has 0 aliphatic carbocycles. The summed E-state index contributed by atoms with van der Waals surface area (Å²) in [6.45, 7) is 4.32. The van der Waals surface area contributed by atoms with Crippen LogP contribution < -0.4 is 10.5 Å². The molecule has 16 heavy (non-hydrogen) atoms. The Morgan fingerprint density at radius 3 is 2.88 bits per heavy atom. The number of benzene rings is 1. The minimum absolute atomic E-state index is 0.291. The molecule has 3 heteroatoms. The van der Waals surface area contributed by atoms with Crippen molar-refractivity contribution in [2.45, 2.75) is 37.6 Å². The second-order valence-corrected chi connectivity index (χ2v) is 5.53. The molecule has 0 saturated heterocycles. The molecule has 2 nitrogen and oxygen atoms in total. The van der Waals surface area contributed by atoms with E-state index in [1.165, 1.54) is 21.6 Å². The van der Waals surface area contributed by atoms with E-state index in [4.69, 9.17) is 10.5 Å². The van der Waals surface area contributed by atoms with Crippen LogP contribution in [0.3, 0.4) is 0 Å². The lowest BCUT2D eigenvalue weighted by molar-refractivity contribution is 0.403. The van der Waals surface area contributed by atoms with Crippen molar-refractivity contribution in [3.8, 4) is 5.75 Å². The number of rotatable bonds is 1. The largest absolute Gasteiger partial charge is 0.496 e. The van der Waals surface area contributed by atoms with E-state index in [2.05, 4.69) is 19.9 Å². The zero-order chi connectivity index (χ0) is 11.7. The van der Waals surface area contributed by atoms with Gasteiger partial charge in [0.1, 0.15) is 5.75 Å². The molecule has 0 radical (unpaired) electrons. The van der Waals surface area contributed by atoms with Gasteiger partial charge in [0, 0.05) is 6.04 Å². The minimum Gasteiger partial charge on any atom is -0.496 e. The standard InChI is InChI=1S/C13H19NOS/c1-8-6-12(15-3)13-11(9(8)2)7-10(14)4-5-16-13/h6,10H,4-5,7,14H2,1-3H3. The average Bonchev–Trinajstić information content (AvgIpc) is 2.45. The van der Waals surface area contributed by atoms with Gasteiger partial charge in [0.05, 0.1) is 12.0 Å². The number of fused-ring (bicyclic) bond motifs is 1. The van der Waals surface area contributed by atoms with E-state index in [0.717, 1.165) is 24.3 Å². The van der Waals surface area contributed by atoms with E-state index < -0.39 is 0 Å². The highest BCUT2D eigenvalue weighted by Gasteiger charge is 2.20. The Kier molecular flexibility index (Phi) is 3.45. The summed E-state index contributed by atoms with van der Waals surface area (Å²) in [5, 5.41) is 0. The van der Waals surface area contributed by atoms with Crippen molar-refractivity contribution in [1.82, 2.24) is 0 Å². The van der Waals surface area contributed by atoms with Gasteiger partial charge in [-0.05, 0) is 55.2 Å². The third kappa shape index (κ3) is 2.06. The minimum atomic E-state index is 0.291. The van der Waals surface area contributed by atoms with Crippen LogP contribution in [0, 0.1) is 13.8 Å². The van der Waals surface area contributed by atoms with Gasteiger partial charge in [-0.2, -0.15) is 0 Å². The third-order valence-electron chi connectivity index (χ3n) is 3.31. The van der Waals surface area contributed by atoms with Crippen LogP contribution in [0.25, 0.3) is 0 Å². The van der Waals surface area contributed by atoms with Crippen molar-refractivity contribution < 1.29 is 4.74 Å². The Labute approximate surface area is 102 Å². The number of nitrogens with two attached hydrogens (primary N) is 1. The van der Waals surface area contributed by atoms with Gasteiger partial charge >= 0.3 is 0 Å². The summed E-state index contributed by atoms with van der Waals surface area (Å²) in [5.74, 6) is 2.10. The van der Waals surface area contributed by atoms with Crippen LogP contribution in [0.2, 0.25) is 0 Å². The Hall–Kier alpha value is -0.670. The molecule has 2 rings (SSSR count). The monoisotopic (exact) mass is 237 g/mol. The highest BCUT2D eigenvalue weighted by molar-refractivity contribution is 7.99. The molecule has 88 valence electrons. The Balaban J connectivity index is 2.56. The first-order chi connectivity index (χ1) is 7.63. The predicted molar refractivity (Wildman–Crippen MR) is 69.5 cm³/mol. The van der Waals surface area contributed by atoms with Gasteiger partial charge in [-0.1, -0.05) is 0 Å². The molecule has 1 aromatic carbocycles. The Bertz CT molecular complexity index is 403. The maximum absolute atomic E-state index is 6.11. The normalized spacial score (nSPS) is 20.1. The van der Waals surface area contributed by atoms with Gasteiger partial charge in [0.2, 0.25) is 0 Å². The van der Waals surface area contributed by atoms with Crippen LogP contribution in [0.4, 0.5) is 0 Å². The first-order valence-electron chi connectivity index (χ1n) is 5.69. The van der Waals surface area contributed by atoms with Crippen molar-refractivity contribution in [2.24, 2.45) is 5.73 Å². The summed E-state index contributed by atoms with van der Waals surface area (Å²) in [5.41, 5.74) is 10.2. The first-order valence-corrected chi connectivity index (χ1v) is 6.67. The molecule has 1 heterocycles. The van der Waals surface area contributed by atoms with Crippen molar-refractivity contribution in [1.29, 1.82) is 0 Å². The van der Waals surface area contributed by atoms with E-state index in [-0.39, 0.29) is 0 Å². The second kappa shape index (κ2) is 4.68. The number of thioether (sulfide) groups is 1. The molecule has 2 N–H and O–H groups in total. The molecule has 0 amide bonds. The predicted octanol–water partition coefficient (Wildman–Crippen LogP) is 2.68.